The molecule has 0 fully saturated rings. The van der Waals surface area contributed by atoms with Gasteiger partial charge in [0.05, 0.1) is 15.6 Å². The Bertz CT molecular complexity index is 754. The number of H-pyrrole nitrogens is 1. The van der Waals surface area contributed by atoms with Gasteiger partial charge in [-0.3, -0.25) is 15.2 Å². The van der Waals surface area contributed by atoms with Crippen molar-refractivity contribution in [2.24, 2.45) is 0 Å². The van der Waals surface area contributed by atoms with Gasteiger partial charge in [-0.05, 0) is 27.9 Å². The van der Waals surface area contributed by atoms with Crippen molar-refractivity contribution >= 4 is 27.4 Å². The van der Waals surface area contributed by atoms with Crippen LogP contribution in [-0.2, 0) is 0 Å². The fraction of sp³-hybridized carbons (Fsp3) is 0.267. The number of nitrogens with one attached hydrogen (secondary N) is 2. The van der Waals surface area contributed by atoms with Crippen molar-refractivity contribution in [1.82, 2.24) is 10.2 Å². The minimum atomic E-state index is -0.373. The Balaban J connectivity index is 2.11. The molecule has 114 valence electrons. The average molecular weight is 363 g/mol. The maximum Gasteiger partial charge on any atom is 0.283 e. The van der Waals surface area contributed by atoms with Gasteiger partial charge in [-0.15, -0.1) is 0 Å². The van der Waals surface area contributed by atoms with Gasteiger partial charge in [-0.1, -0.05) is 31.6 Å². The summed E-state index contributed by atoms with van der Waals surface area (Å²) in [5, 5.41) is 21.5. The molecule has 2 N–H and O–H groups in total. The van der Waals surface area contributed by atoms with Crippen LogP contribution in [0.2, 0.25) is 0 Å². The lowest BCUT2D eigenvalue weighted by Gasteiger charge is -2.23. The number of halogens is 1. The number of aromatic nitrogens is 2. The highest BCUT2D eigenvalue weighted by molar-refractivity contribution is 9.10. The molecule has 22 heavy (non-hydrogen) atoms. The van der Waals surface area contributed by atoms with E-state index in [9.17, 15) is 10.1 Å². The van der Waals surface area contributed by atoms with Crippen molar-refractivity contribution in [3.63, 3.8) is 0 Å². The summed E-state index contributed by atoms with van der Waals surface area (Å²) in [4.78, 5) is 10.8. The lowest BCUT2D eigenvalue weighted by Crippen LogP contribution is -2.13. The van der Waals surface area contributed by atoms with Gasteiger partial charge in [0.1, 0.15) is 5.82 Å². The zero-order valence-corrected chi connectivity index (χ0v) is 13.6. The van der Waals surface area contributed by atoms with Crippen LogP contribution in [0.25, 0.3) is 0 Å². The van der Waals surface area contributed by atoms with Crippen LogP contribution in [0.3, 0.4) is 0 Å². The van der Waals surface area contributed by atoms with Crippen molar-refractivity contribution in [2.75, 3.05) is 5.32 Å². The van der Waals surface area contributed by atoms with E-state index in [2.05, 4.69) is 44.4 Å². The molecule has 2 heterocycles. The first-order chi connectivity index (χ1) is 10.6. The number of hydrogen-bond donors (Lipinski definition) is 2. The molecule has 0 radical (unpaired) electrons. The number of allylic oxidation sites excluding steroid dienone is 2. The second kappa shape index (κ2) is 5.92. The summed E-state index contributed by atoms with van der Waals surface area (Å²) in [5.74, 6) is 0.792. The third-order valence-electron chi connectivity index (χ3n) is 3.72. The van der Waals surface area contributed by atoms with Crippen LogP contribution in [0, 0.1) is 10.1 Å². The molecular formula is C15H15BrN4O2. The summed E-state index contributed by atoms with van der Waals surface area (Å²) in [6.45, 7) is 2.11. The van der Waals surface area contributed by atoms with Crippen LogP contribution in [0.4, 0.5) is 11.5 Å². The van der Waals surface area contributed by atoms with E-state index in [0.29, 0.717) is 4.47 Å². The van der Waals surface area contributed by atoms with Gasteiger partial charge in [0, 0.05) is 23.2 Å². The number of aromatic amines is 1. The first-order valence-corrected chi connectivity index (χ1v) is 7.85. The Kier molecular flexibility index (Phi) is 3.98. The van der Waals surface area contributed by atoms with E-state index < -0.39 is 0 Å². The van der Waals surface area contributed by atoms with Crippen LogP contribution in [0.5, 0.6) is 0 Å². The van der Waals surface area contributed by atoms with Crippen molar-refractivity contribution in [1.29, 1.82) is 0 Å². The zero-order valence-electron chi connectivity index (χ0n) is 12.0. The molecule has 1 aromatic heterocycles. The molecule has 3 rings (SSSR count). The quantitative estimate of drug-likeness (QED) is 0.626. The molecule has 2 aromatic rings. The fourth-order valence-electron chi connectivity index (χ4n) is 2.72. The van der Waals surface area contributed by atoms with E-state index in [1.54, 1.807) is 12.3 Å². The van der Waals surface area contributed by atoms with E-state index in [1.807, 2.05) is 6.07 Å². The molecule has 0 saturated heterocycles. The second-order valence-electron chi connectivity index (χ2n) is 5.18. The standard InChI is InChI=1S/C15H15BrN4O2/c1-2-4-9-7-11(12-8-17-19-15(12)18-9)10-5-3-6-13(14(10)16)20(21)22/h3,5-8,11H,2,4H2,1H3,(H2,17,18,19). The van der Waals surface area contributed by atoms with Gasteiger partial charge in [0.2, 0.25) is 0 Å². The molecule has 0 spiro atoms. The molecular weight excluding hydrogens is 348 g/mol. The monoisotopic (exact) mass is 362 g/mol. The molecule has 0 aliphatic carbocycles. The highest BCUT2D eigenvalue weighted by Gasteiger charge is 2.27. The van der Waals surface area contributed by atoms with Gasteiger partial charge in [-0.25, -0.2) is 0 Å². The first kappa shape index (κ1) is 14.8. The minimum absolute atomic E-state index is 0.0641. The van der Waals surface area contributed by atoms with Gasteiger partial charge >= 0.3 is 0 Å². The van der Waals surface area contributed by atoms with Crippen LogP contribution in [0.1, 0.15) is 36.8 Å². The number of nitrogens with zero attached hydrogens (tertiary/aromatic N) is 2. The van der Waals surface area contributed by atoms with Crippen LogP contribution in [-0.4, -0.2) is 15.1 Å². The van der Waals surface area contributed by atoms with Gasteiger partial charge in [0.15, 0.2) is 0 Å². The van der Waals surface area contributed by atoms with Gasteiger partial charge in [-0.2, -0.15) is 5.10 Å². The molecule has 1 unspecified atom stereocenters. The van der Waals surface area contributed by atoms with Crippen LogP contribution in [0.15, 0.2) is 40.6 Å². The third-order valence-corrected chi connectivity index (χ3v) is 4.58. The number of nitro groups is 1. The van der Waals surface area contributed by atoms with Crippen molar-refractivity contribution < 1.29 is 4.92 Å². The number of fused-ring (bicyclic) bond motifs is 1. The van der Waals surface area contributed by atoms with Crippen molar-refractivity contribution in [3.8, 4) is 0 Å². The number of nitro benzene ring substituents is 1. The first-order valence-electron chi connectivity index (χ1n) is 7.05. The lowest BCUT2D eigenvalue weighted by molar-refractivity contribution is -0.385. The second-order valence-corrected chi connectivity index (χ2v) is 5.98. The zero-order chi connectivity index (χ0) is 15.7. The molecule has 6 nitrogen and oxygen atoms in total. The predicted molar refractivity (Wildman–Crippen MR) is 87.8 cm³/mol. The summed E-state index contributed by atoms with van der Waals surface area (Å²) in [6.07, 6.45) is 5.81. The van der Waals surface area contributed by atoms with E-state index in [0.717, 1.165) is 35.5 Å². The fourth-order valence-corrected chi connectivity index (χ4v) is 3.37. The van der Waals surface area contributed by atoms with Gasteiger partial charge in [0.25, 0.3) is 5.69 Å². The van der Waals surface area contributed by atoms with Crippen molar-refractivity contribution in [2.45, 2.75) is 25.7 Å². The summed E-state index contributed by atoms with van der Waals surface area (Å²) in [7, 11) is 0. The largest absolute Gasteiger partial charge is 0.344 e. The SMILES string of the molecule is CCCC1=CC(c2cccc([N+](=O)[O-])c2Br)c2cn[nH]c2N1. The highest BCUT2D eigenvalue weighted by atomic mass is 79.9. The van der Waals surface area contributed by atoms with E-state index >= 15 is 0 Å². The maximum absolute atomic E-state index is 11.1. The highest BCUT2D eigenvalue weighted by Crippen LogP contribution is 2.41. The molecule has 0 saturated carbocycles. The summed E-state index contributed by atoms with van der Waals surface area (Å²) >= 11 is 3.39. The third kappa shape index (κ3) is 2.52. The van der Waals surface area contributed by atoms with E-state index in [4.69, 9.17) is 0 Å². The molecule has 7 heteroatoms. The topological polar surface area (TPSA) is 83.8 Å². The molecule has 1 atom stereocenters. The van der Waals surface area contributed by atoms with Crippen LogP contribution >= 0.6 is 15.9 Å². The van der Waals surface area contributed by atoms with E-state index in [-0.39, 0.29) is 16.5 Å². The number of hydrogen-bond acceptors (Lipinski definition) is 4. The van der Waals surface area contributed by atoms with Crippen LogP contribution < -0.4 is 5.32 Å². The average Bonchev–Trinajstić information content (AvgIpc) is 2.95. The molecule has 1 aliphatic rings. The Hall–Kier alpha value is -2.15. The van der Waals surface area contributed by atoms with Crippen molar-refractivity contribution in [3.05, 3.63) is 61.9 Å². The molecule has 0 bridgehead atoms. The Morgan fingerprint density at radius 2 is 2.23 bits per heavy atom. The molecule has 1 aromatic carbocycles. The molecule has 1 aliphatic heterocycles. The summed E-state index contributed by atoms with van der Waals surface area (Å²) in [5.41, 5.74) is 3.03. The number of rotatable bonds is 4. The summed E-state index contributed by atoms with van der Waals surface area (Å²) in [6, 6.07) is 5.12. The lowest BCUT2D eigenvalue weighted by atomic mass is 9.89. The smallest absolute Gasteiger partial charge is 0.283 e. The Morgan fingerprint density at radius 3 is 2.95 bits per heavy atom. The predicted octanol–water partition coefficient (Wildman–Crippen LogP) is 4.32. The minimum Gasteiger partial charge on any atom is -0.344 e. The maximum atomic E-state index is 11.1. The normalized spacial score (nSPS) is 16.6. The number of anilines is 1. The number of benzene rings is 1. The Labute approximate surface area is 135 Å². The Morgan fingerprint density at radius 1 is 1.41 bits per heavy atom. The summed E-state index contributed by atoms with van der Waals surface area (Å²) < 4.78 is 0.520. The molecule has 0 amide bonds. The van der Waals surface area contributed by atoms with E-state index in [1.165, 1.54) is 6.07 Å². The van der Waals surface area contributed by atoms with Gasteiger partial charge < -0.3 is 5.32 Å².